The highest BCUT2D eigenvalue weighted by Gasteiger charge is 2.22. The molecule has 6 heteroatoms. The fourth-order valence-electron chi connectivity index (χ4n) is 3.57. The number of benzene rings is 3. The first-order valence-electron chi connectivity index (χ1n) is 10.3. The molecule has 3 aromatic carbocycles. The monoisotopic (exact) mass is 420 g/mol. The van der Waals surface area contributed by atoms with Crippen molar-refractivity contribution in [1.29, 1.82) is 0 Å². The van der Waals surface area contributed by atoms with Crippen LogP contribution in [-0.4, -0.2) is 18.7 Å². The second-order valence-electron chi connectivity index (χ2n) is 7.53. The summed E-state index contributed by atoms with van der Waals surface area (Å²) in [6.45, 7) is 4.06. The molecule has 2 N–H and O–H groups in total. The maximum atomic E-state index is 13.9. The lowest BCUT2D eigenvalue weighted by Crippen LogP contribution is -2.40. The van der Waals surface area contributed by atoms with Crippen LogP contribution in [0, 0.1) is 5.82 Å². The van der Waals surface area contributed by atoms with Gasteiger partial charge in [-0.05, 0) is 54.3 Å². The lowest BCUT2D eigenvalue weighted by atomic mass is 9.96. The van der Waals surface area contributed by atoms with Crippen LogP contribution in [0.4, 0.5) is 10.1 Å². The Morgan fingerprint density at radius 2 is 1.77 bits per heavy atom. The highest BCUT2D eigenvalue weighted by atomic mass is 19.1. The van der Waals surface area contributed by atoms with Crippen LogP contribution in [0.3, 0.4) is 0 Å². The van der Waals surface area contributed by atoms with Crippen LogP contribution in [0.2, 0.25) is 0 Å². The van der Waals surface area contributed by atoms with Crippen molar-refractivity contribution in [3.05, 3.63) is 89.2 Å². The van der Waals surface area contributed by atoms with E-state index in [-0.39, 0.29) is 24.6 Å². The minimum atomic E-state index is -0.537. The molecular weight excluding hydrogens is 395 g/mol. The van der Waals surface area contributed by atoms with Gasteiger partial charge in [0.1, 0.15) is 5.82 Å². The molecule has 31 heavy (non-hydrogen) atoms. The SMILES string of the molecule is CCc1ccc([C@@H](N[C@H](C)C(=O)Nc2ccc3c(c2)OCO3)c2cccc(F)c2)cc1. The van der Waals surface area contributed by atoms with E-state index in [9.17, 15) is 9.18 Å². The third-order valence-electron chi connectivity index (χ3n) is 5.35. The Balaban J connectivity index is 1.53. The lowest BCUT2D eigenvalue weighted by molar-refractivity contribution is -0.117. The second kappa shape index (κ2) is 9.18. The molecule has 0 radical (unpaired) electrons. The van der Waals surface area contributed by atoms with E-state index in [0.717, 1.165) is 17.5 Å². The number of rotatable bonds is 7. The third-order valence-corrected chi connectivity index (χ3v) is 5.35. The zero-order valence-corrected chi connectivity index (χ0v) is 17.5. The van der Waals surface area contributed by atoms with Crippen molar-refractivity contribution in [2.75, 3.05) is 12.1 Å². The number of hydrogen-bond acceptors (Lipinski definition) is 4. The molecule has 1 aliphatic rings. The summed E-state index contributed by atoms with van der Waals surface area (Å²) in [5, 5.41) is 6.25. The van der Waals surface area contributed by atoms with Gasteiger partial charge in [0, 0.05) is 11.8 Å². The summed E-state index contributed by atoms with van der Waals surface area (Å²) in [4.78, 5) is 12.9. The third kappa shape index (κ3) is 4.86. The highest BCUT2D eigenvalue weighted by molar-refractivity contribution is 5.95. The van der Waals surface area contributed by atoms with Gasteiger partial charge in [-0.2, -0.15) is 0 Å². The molecule has 0 saturated heterocycles. The van der Waals surface area contributed by atoms with Gasteiger partial charge in [0.15, 0.2) is 11.5 Å². The topological polar surface area (TPSA) is 59.6 Å². The van der Waals surface area contributed by atoms with Crippen LogP contribution in [0.1, 0.15) is 36.6 Å². The van der Waals surface area contributed by atoms with Gasteiger partial charge >= 0.3 is 0 Å². The fourth-order valence-corrected chi connectivity index (χ4v) is 3.57. The minimum Gasteiger partial charge on any atom is -0.454 e. The number of halogens is 1. The number of aryl methyl sites for hydroxylation is 1. The fraction of sp³-hybridized carbons (Fsp3) is 0.240. The number of anilines is 1. The summed E-state index contributed by atoms with van der Waals surface area (Å²) in [6.07, 6.45) is 0.937. The maximum Gasteiger partial charge on any atom is 0.241 e. The van der Waals surface area contributed by atoms with Crippen LogP contribution < -0.4 is 20.1 Å². The number of ether oxygens (including phenoxy) is 2. The summed E-state index contributed by atoms with van der Waals surface area (Å²) < 4.78 is 24.6. The normalized spacial score (nSPS) is 14.2. The molecule has 0 aliphatic carbocycles. The van der Waals surface area contributed by atoms with Gasteiger partial charge in [-0.15, -0.1) is 0 Å². The lowest BCUT2D eigenvalue weighted by Gasteiger charge is -2.24. The molecule has 2 atom stereocenters. The van der Waals surface area contributed by atoms with Crippen LogP contribution in [0.15, 0.2) is 66.7 Å². The van der Waals surface area contributed by atoms with Gasteiger partial charge in [0.05, 0.1) is 12.1 Å². The van der Waals surface area contributed by atoms with E-state index >= 15 is 0 Å². The predicted molar refractivity (Wildman–Crippen MR) is 118 cm³/mol. The molecule has 0 fully saturated rings. The average molecular weight is 420 g/mol. The Hall–Kier alpha value is -3.38. The number of nitrogens with one attached hydrogen (secondary N) is 2. The molecule has 4 rings (SSSR count). The van der Waals surface area contributed by atoms with Crippen molar-refractivity contribution in [2.45, 2.75) is 32.4 Å². The molecule has 0 spiro atoms. The van der Waals surface area contributed by atoms with E-state index in [2.05, 4.69) is 29.7 Å². The summed E-state index contributed by atoms with van der Waals surface area (Å²) in [5.74, 6) is 0.746. The summed E-state index contributed by atoms with van der Waals surface area (Å²) in [5.41, 5.74) is 3.56. The predicted octanol–water partition coefficient (Wildman–Crippen LogP) is 4.82. The molecule has 1 amide bonds. The highest BCUT2D eigenvalue weighted by Crippen LogP contribution is 2.34. The Labute approximate surface area is 181 Å². The largest absolute Gasteiger partial charge is 0.454 e. The Bertz CT molecular complexity index is 1070. The summed E-state index contributed by atoms with van der Waals surface area (Å²) in [7, 11) is 0. The van der Waals surface area contributed by atoms with E-state index < -0.39 is 6.04 Å². The zero-order chi connectivity index (χ0) is 21.8. The average Bonchev–Trinajstić information content (AvgIpc) is 3.25. The quantitative estimate of drug-likeness (QED) is 0.575. The van der Waals surface area contributed by atoms with Crippen molar-refractivity contribution in [1.82, 2.24) is 5.32 Å². The first-order chi connectivity index (χ1) is 15.0. The van der Waals surface area contributed by atoms with Crippen LogP contribution in [-0.2, 0) is 11.2 Å². The van der Waals surface area contributed by atoms with E-state index in [1.54, 1.807) is 31.2 Å². The van der Waals surface area contributed by atoms with Gasteiger partial charge in [-0.1, -0.05) is 43.3 Å². The molecule has 0 bridgehead atoms. The summed E-state index contributed by atoms with van der Waals surface area (Å²) in [6, 6.07) is 19.0. The van der Waals surface area contributed by atoms with Crippen LogP contribution in [0.25, 0.3) is 0 Å². The minimum absolute atomic E-state index is 0.177. The second-order valence-corrected chi connectivity index (χ2v) is 7.53. The molecule has 1 aliphatic heterocycles. The van der Waals surface area contributed by atoms with Crippen molar-refractivity contribution in [3.63, 3.8) is 0 Å². The van der Waals surface area contributed by atoms with Gasteiger partial charge in [-0.25, -0.2) is 4.39 Å². The van der Waals surface area contributed by atoms with Crippen molar-refractivity contribution in [3.8, 4) is 11.5 Å². The van der Waals surface area contributed by atoms with E-state index in [1.165, 1.54) is 17.7 Å². The molecular formula is C25H25FN2O3. The molecule has 3 aromatic rings. The Morgan fingerprint density at radius 3 is 2.52 bits per heavy atom. The van der Waals surface area contributed by atoms with Gasteiger partial charge < -0.3 is 14.8 Å². The summed E-state index contributed by atoms with van der Waals surface area (Å²) >= 11 is 0. The molecule has 0 unspecified atom stereocenters. The molecule has 0 saturated carbocycles. The first kappa shape index (κ1) is 20.9. The smallest absolute Gasteiger partial charge is 0.241 e. The van der Waals surface area contributed by atoms with Gasteiger partial charge in [0.2, 0.25) is 12.7 Å². The van der Waals surface area contributed by atoms with Gasteiger partial charge in [0.25, 0.3) is 0 Å². The van der Waals surface area contributed by atoms with Crippen molar-refractivity contribution < 1.29 is 18.7 Å². The number of hydrogen-bond donors (Lipinski definition) is 2. The van der Waals surface area contributed by atoms with E-state index in [0.29, 0.717) is 17.2 Å². The molecule has 5 nitrogen and oxygen atoms in total. The Kier molecular flexibility index (Phi) is 6.18. The Morgan fingerprint density at radius 1 is 1.00 bits per heavy atom. The van der Waals surface area contributed by atoms with Gasteiger partial charge in [-0.3, -0.25) is 10.1 Å². The van der Waals surface area contributed by atoms with Crippen molar-refractivity contribution in [2.24, 2.45) is 0 Å². The first-order valence-corrected chi connectivity index (χ1v) is 10.3. The molecule has 0 aromatic heterocycles. The van der Waals surface area contributed by atoms with E-state index in [1.807, 2.05) is 18.2 Å². The number of fused-ring (bicyclic) bond motifs is 1. The number of amides is 1. The number of carbonyl (C=O) groups excluding carboxylic acids is 1. The number of carbonyl (C=O) groups is 1. The zero-order valence-electron chi connectivity index (χ0n) is 17.5. The van der Waals surface area contributed by atoms with Crippen LogP contribution >= 0.6 is 0 Å². The maximum absolute atomic E-state index is 13.9. The van der Waals surface area contributed by atoms with Crippen molar-refractivity contribution >= 4 is 11.6 Å². The van der Waals surface area contributed by atoms with Crippen LogP contribution in [0.5, 0.6) is 11.5 Å². The van der Waals surface area contributed by atoms with E-state index in [4.69, 9.17) is 9.47 Å². The molecule has 160 valence electrons. The molecule has 1 heterocycles. The standard InChI is InChI=1S/C25H25FN2O3/c1-3-17-7-9-18(10-8-17)24(19-5-4-6-20(26)13-19)27-16(2)25(29)28-21-11-12-22-23(14-21)31-15-30-22/h4-14,16,24,27H,3,15H2,1-2H3,(H,28,29)/t16-,24-/m1/s1.